The number of hydrogen-bond donors (Lipinski definition) is 3. The number of phenols is 2. The van der Waals surface area contributed by atoms with E-state index in [0.717, 1.165) is 11.3 Å². The number of para-hydroxylation sites is 1. The molecular formula is C23H22N2O4. The van der Waals surface area contributed by atoms with Crippen LogP contribution in [0, 0.1) is 0 Å². The van der Waals surface area contributed by atoms with Crippen molar-refractivity contribution in [2.24, 2.45) is 0 Å². The number of amides is 1. The third-order valence-corrected chi connectivity index (χ3v) is 5.12. The molecule has 6 nitrogen and oxygen atoms in total. The highest BCUT2D eigenvalue weighted by Crippen LogP contribution is 2.41. The van der Waals surface area contributed by atoms with Gasteiger partial charge in [0.25, 0.3) is 5.91 Å². The molecule has 1 heterocycles. The molecule has 0 unspecified atom stereocenters. The predicted molar refractivity (Wildman–Crippen MR) is 110 cm³/mol. The summed E-state index contributed by atoms with van der Waals surface area (Å²) in [6.07, 6.45) is 0.176. The van der Waals surface area contributed by atoms with Crippen molar-refractivity contribution in [3.63, 3.8) is 0 Å². The van der Waals surface area contributed by atoms with Crippen LogP contribution >= 0.6 is 0 Å². The van der Waals surface area contributed by atoms with E-state index >= 15 is 0 Å². The third kappa shape index (κ3) is 3.57. The first-order valence-electron chi connectivity index (χ1n) is 9.39. The van der Waals surface area contributed by atoms with Gasteiger partial charge in [-0.25, -0.2) is 0 Å². The first kappa shape index (κ1) is 18.7. The van der Waals surface area contributed by atoms with E-state index in [1.807, 2.05) is 48.5 Å². The Balaban J connectivity index is 1.73. The van der Waals surface area contributed by atoms with Crippen molar-refractivity contribution in [2.45, 2.75) is 12.6 Å². The van der Waals surface area contributed by atoms with Crippen LogP contribution in [-0.4, -0.2) is 34.7 Å². The molecule has 0 saturated heterocycles. The standard InChI is InChI=1S/C23H22N2O4/c1-29-20-14-16(13-19(26)21(20)27)22-24-18-10-6-5-9-17(18)23(28)25(22)12-11-15-7-3-2-4-8-15/h2-10,13-14,22,24,26-27H,11-12H2,1H3/t22-/m0/s1. The minimum atomic E-state index is -0.512. The number of ether oxygens (including phenoxy) is 1. The van der Waals surface area contributed by atoms with Crippen LogP contribution < -0.4 is 10.1 Å². The van der Waals surface area contributed by atoms with Crippen molar-refractivity contribution in [3.05, 3.63) is 83.4 Å². The zero-order valence-electron chi connectivity index (χ0n) is 16.0. The van der Waals surface area contributed by atoms with Gasteiger partial charge in [-0.3, -0.25) is 4.79 Å². The van der Waals surface area contributed by atoms with Crippen molar-refractivity contribution in [3.8, 4) is 17.2 Å². The summed E-state index contributed by atoms with van der Waals surface area (Å²) in [5.74, 6) is -0.562. The van der Waals surface area contributed by atoms with Crippen LogP contribution in [0.5, 0.6) is 17.2 Å². The second-order valence-electron chi connectivity index (χ2n) is 6.92. The molecule has 0 saturated carbocycles. The predicted octanol–water partition coefficient (Wildman–Crippen LogP) is 3.92. The molecule has 0 fully saturated rings. The number of fused-ring (bicyclic) bond motifs is 1. The number of nitrogens with one attached hydrogen (secondary N) is 1. The fourth-order valence-corrected chi connectivity index (χ4v) is 3.61. The molecule has 6 heteroatoms. The normalized spacial score (nSPS) is 15.6. The lowest BCUT2D eigenvalue weighted by Gasteiger charge is -2.38. The molecule has 1 amide bonds. The highest BCUT2D eigenvalue weighted by atomic mass is 16.5. The van der Waals surface area contributed by atoms with Crippen LogP contribution in [0.4, 0.5) is 5.69 Å². The number of benzene rings is 3. The Morgan fingerprint density at radius 2 is 1.76 bits per heavy atom. The number of nitrogens with zero attached hydrogens (tertiary/aromatic N) is 1. The van der Waals surface area contributed by atoms with Gasteiger partial charge in [-0.1, -0.05) is 42.5 Å². The van der Waals surface area contributed by atoms with E-state index in [4.69, 9.17) is 4.74 Å². The zero-order chi connectivity index (χ0) is 20.4. The van der Waals surface area contributed by atoms with Gasteiger partial charge in [-0.15, -0.1) is 0 Å². The maximum atomic E-state index is 13.3. The fourth-order valence-electron chi connectivity index (χ4n) is 3.61. The first-order chi connectivity index (χ1) is 14.1. The molecular weight excluding hydrogens is 368 g/mol. The molecule has 148 valence electrons. The molecule has 1 aliphatic rings. The molecule has 0 aliphatic carbocycles. The second kappa shape index (κ2) is 7.75. The van der Waals surface area contributed by atoms with Gasteiger partial charge >= 0.3 is 0 Å². The van der Waals surface area contributed by atoms with E-state index in [1.165, 1.54) is 13.2 Å². The first-order valence-corrected chi connectivity index (χ1v) is 9.39. The maximum absolute atomic E-state index is 13.3. The highest BCUT2D eigenvalue weighted by molar-refractivity contribution is 6.01. The number of rotatable bonds is 5. The van der Waals surface area contributed by atoms with Crippen LogP contribution in [0.15, 0.2) is 66.7 Å². The summed E-state index contributed by atoms with van der Waals surface area (Å²) in [6.45, 7) is 0.485. The number of carbonyl (C=O) groups is 1. The lowest BCUT2D eigenvalue weighted by molar-refractivity contribution is 0.0685. The van der Waals surface area contributed by atoms with Gasteiger partial charge in [0.15, 0.2) is 11.5 Å². The summed E-state index contributed by atoms with van der Waals surface area (Å²) in [6, 6.07) is 20.4. The maximum Gasteiger partial charge on any atom is 0.257 e. The average molecular weight is 390 g/mol. The van der Waals surface area contributed by atoms with E-state index < -0.39 is 6.17 Å². The van der Waals surface area contributed by atoms with Gasteiger partial charge in [-0.05, 0) is 36.2 Å². The molecule has 0 radical (unpaired) electrons. The SMILES string of the molecule is COc1cc([C@H]2Nc3ccccc3C(=O)N2CCc2ccccc2)cc(O)c1O. The van der Waals surface area contributed by atoms with Crippen molar-refractivity contribution in [1.82, 2.24) is 4.90 Å². The number of phenolic OH excluding ortho intramolecular Hbond substituents is 2. The van der Waals surface area contributed by atoms with E-state index in [9.17, 15) is 15.0 Å². The molecule has 3 aromatic rings. The van der Waals surface area contributed by atoms with Crippen LogP contribution in [0.2, 0.25) is 0 Å². The van der Waals surface area contributed by atoms with Gasteiger partial charge in [0, 0.05) is 17.8 Å². The topological polar surface area (TPSA) is 82.0 Å². The van der Waals surface area contributed by atoms with E-state index in [0.29, 0.717) is 24.1 Å². The smallest absolute Gasteiger partial charge is 0.257 e. The van der Waals surface area contributed by atoms with Crippen LogP contribution in [0.1, 0.15) is 27.7 Å². The lowest BCUT2D eigenvalue weighted by Crippen LogP contribution is -2.44. The Morgan fingerprint density at radius 1 is 1.03 bits per heavy atom. The van der Waals surface area contributed by atoms with Gasteiger partial charge in [0.05, 0.1) is 12.7 Å². The molecule has 29 heavy (non-hydrogen) atoms. The van der Waals surface area contributed by atoms with Crippen LogP contribution in [0.25, 0.3) is 0 Å². The molecule has 3 aromatic carbocycles. The van der Waals surface area contributed by atoms with Crippen molar-refractivity contribution >= 4 is 11.6 Å². The number of carbonyl (C=O) groups excluding carboxylic acids is 1. The molecule has 4 rings (SSSR count). The van der Waals surface area contributed by atoms with E-state index in [2.05, 4.69) is 5.32 Å². The van der Waals surface area contributed by atoms with Crippen LogP contribution in [-0.2, 0) is 6.42 Å². The monoisotopic (exact) mass is 390 g/mol. The zero-order valence-corrected chi connectivity index (χ0v) is 16.0. The Labute approximate surface area is 169 Å². The summed E-state index contributed by atoms with van der Waals surface area (Å²) in [5, 5.41) is 23.5. The molecule has 0 bridgehead atoms. The van der Waals surface area contributed by atoms with Gasteiger partial charge in [-0.2, -0.15) is 0 Å². The number of aromatic hydroxyl groups is 2. The van der Waals surface area contributed by atoms with Crippen molar-refractivity contribution < 1.29 is 19.7 Å². The number of methoxy groups -OCH3 is 1. The van der Waals surface area contributed by atoms with Crippen molar-refractivity contribution in [1.29, 1.82) is 0 Å². The molecule has 0 aromatic heterocycles. The van der Waals surface area contributed by atoms with E-state index in [1.54, 1.807) is 17.0 Å². The Hall–Kier alpha value is -3.67. The van der Waals surface area contributed by atoms with Gasteiger partial charge in [0.1, 0.15) is 6.17 Å². The fraction of sp³-hybridized carbons (Fsp3) is 0.174. The summed E-state index contributed by atoms with van der Waals surface area (Å²) < 4.78 is 5.18. The second-order valence-corrected chi connectivity index (χ2v) is 6.92. The van der Waals surface area contributed by atoms with Gasteiger partial charge in [0.2, 0.25) is 5.75 Å². The minimum absolute atomic E-state index is 0.0909. The Kier molecular flexibility index (Phi) is 4.99. The van der Waals surface area contributed by atoms with Gasteiger partial charge < -0.3 is 25.2 Å². The quantitative estimate of drug-likeness (QED) is 0.576. The molecule has 0 spiro atoms. The largest absolute Gasteiger partial charge is 0.504 e. The molecule has 3 N–H and O–H groups in total. The van der Waals surface area contributed by atoms with E-state index in [-0.39, 0.29) is 23.2 Å². The van der Waals surface area contributed by atoms with Crippen molar-refractivity contribution in [2.75, 3.05) is 19.0 Å². The summed E-state index contributed by atoms with van der Waals surface area (Å²) in [5.41, 5.74) is 3.08. The minimum Gasteiger partial charge on any atom is -0.504 e. The summed E-state index contributed by atoms with van der Waals surface area (Å²) in [4.78, 5) is 15.0. The Morgan fingerprint density at radius 3 is 2.52 bits per heavy atom. The Bertz CT molecular complexity index is 1040. The number of hydrogen-bond acceptors (Lipinski definition) is 5. The highest BCUT2D eigenvalue weighted by Gasteiger charge is 2.33. The average Bonchev–Trinajstić information content (AvgIpc) is 2.75. The number of anilines is 1. The lowest BCUT2D eigenvalue weighted by atomic mass is 10.0. The summed E-state index contributed by atoms with van der Waals surface area (Å²) >= 11 is 0. The van der Waals surface area contributed by atoms with Crippen LogP contribution in [0.3, 0.4) is 0 Å². The third-order valence-electron chi connectivity index (χ3n) is 5.12. The molecule has 1 atom stereocenters. The molecule has 1 aliphatic heterocycles. The summed E-state index contributed by atoms with van der Waals surface area (Å²) in [7, 11) is 1.42.